The van der Waals surface area contributed by atoms with Crippen LogP contribution in [-0.4, -0.2) is 75.8 Å². The van der Waals surface area contributed by atoms with E-state index in [1.807, 2.05) is 73.8 Å². The Bertz CT molecular complexity index is 2160. The van der Waals surface area contributed by atoms with Crippen LogP contribution < -0.4 is 27.4 Å². The molecule has 3 amide bonds. The van der Waals surface area contributed by atoms with Gasteiger partial charge >= 0.3 is 0 Å². The first kappa shape index (κ1) is 40.9. The van der Waals surface area contributed by atoms with Crippen molar-refractivity contribution in [1.82, 2.24) is 35.8 Å². The quantitative estimate of drug-likeness (QED) is 0.103. The fourth-order valence-corrected chi connectivity index (χ4v) is 8.47. The van der Waals surface area contributed by atoms with Gasteiger partial charge in [0.05, 0.1) is 11.1 Å². The summed E-state index contributed by atoms with van der Waals surface area (Å²) in [5.41, 5.74) is 17.9. The second-order valence-electron chi connectivity index (χ2n) is 14.1. The molecule has 0 radical (unpaired) electrons. The topological polar surface area (TPSA) is 184 Å². The third kappa shape index (κ3) is 9.77. The summed E-state index contributed by atoms with van der Waals surface area (Å²) in [5, 5.41) is 11.8. The van der Waals surface area contributed by atoms with Crippen molar-refractivity contribution in [2.45, 2.75) is 86.6 Å². The number of rotatable bonds is 10. The highest BCUT2D eigenvalue weighted by Gasteiger charge is 2.34. The van der Waals surface area contributed by atoms with Gasteiger partial charge < -0.3 is 37.3 Å². The molecule has 0 unspecified atom stereocenters. The van der Waals surface area contributed by atoms with Crippen molar-refractivity contribution in [3.8, 4) is 11.1 Å². The number of nitrogens with zero attached hydrogens (tertiary/aromatic N) is 3. The average Bonchev–Trinajstić information content (AvgIpc) is 3.62. The third-order valence-corrected chi connectivity index (χ3v) is 11.9. The summed E-state index contributed by atoms with van der Waals surface area (Å²) in [7, 11) is 1.63. The van der Waals surface area contributed by atoms with Crippen LogP contribution in [-0.2, 0) is 33.9 Å². The number of nitrogens with one attached hydrogen (secondary N) is 4. The number of fused-ring (bicyclic) bond motifs is 3. The van der Waals surface area contributed by atoms with E-state index < -0.39 is 18.1 Å². The summed E-state index contributed by atoms with van der Waals surface area (Å²) in [6.45, 7) is 3.23. The molecule has 5 aromatic rings. The van der Waals surface area contributed by atoms with Gasteiger partial charge in [-0.2, -0.15) is 0 Å². The van der Waals surface area contributed by atoms with E-state index >= 15 is 0 Å². The Kier molecular flexibility index (Phi) is 14.1. The number of unbranched alkanes of at least 4 members (excludes halogenated alkanes) is 1. The highest BCUT2D eigenvalue weighted by molar-refractivity contribution is 7.99. The number of likely N-dealkylation sites (N-methyl/N-ethyl adjacent to an activating group) is 1. The molecule has 0 aliphatic carbocycles. The zero-order valence-electron chi connectivity index (χ0n) is 31.8. The third-order valence-electron chi connectivity index (χ3n) is 10.2. The minimum Gasteiger partial charge on any atom is -0.361 e. The van der Waals surface area contributed by atoms with Crippen molar-refractivity contribution in [3.05, 3.63) is 107 Å². The Hall–Kier alpha value is -4.79. The summed E-state index contributed by atoms with van der Waals surface area (Å²) >= 11 is 8.44. The standard InChI is InChI=1S/C42H50ClN9O3S/c1-26-21-27(16-20-46-26)30-14-15-33(43)38-32(30)25-50-40(54)37(22-29-24-48-34-11-4-3-10-31(29)34)52(2)42(55)36(12-5-6-17-44)51-39(53)35(13-7-18-45)49-23-28-9-8-19-47-41(28)56-38/h3-4,8-11,14-16,19-21,24,35-37,48-49H,5-7,12-13,17-18,22-23,25,44-45H2,1-2H3,(H,50,54)(H,51,53)/t35-,36-,37-/m0/s1. The number of pyridine rings is 2. The highest BCUT2D eigenvalue weighted by atomic mass is 35.5. The Morgan fingerprint density at radius 1 is 0.893 bits per heavy atom. The fraction of sp³-hybridized carbons (Fsp3) is 0.357. The minimum atomic E-state index is -0.929. The first-order chi connectivity index (χ1) is 27.2. The van der Waals surface area contributed by atoms with E-state index in [9.17, 15) is 14.4 Å². The minimum absolute atomic E-state index is 0.114. The number of hydrogen-bond donors (Lipinski definition) is 6. The summed E-state index contributed by atoms with van der Waals surface area (Å²) in [6.07, 6.45) is 8.31. The molecule has 2 aromatic carbocycles. The lowest BCUT2D eigenvalue weighted by Crippen LogP contribution is -2.57. The maximum Gasteiger partial charge on any atom is 0.245 e. The molecule has 0 spiro atoms. The van der Waals surface area contributed by atoms with Crippen molar-refractivity contribution in [1.29, 1.82) is 0 Å². The van der Waals surface area contributed by atoms with Gasteiger partial charge in [-0.15, -0.1) is 0 Å². The molecule has 56 heavy (non-hydrogen) atoms. The number of aryl methyl sites for hydroxylation is 1. The molecule has 0 saturated carbocycles. The predicted octanol–water partition coefficient (Wildman–Crippen LogP) is 5.25. The molecule has 3 aromatic heterocycles. The van der Waals surface area contributed by atoms with Gasteiger partial charge in [0.1, 0.15) is 17.1 Å². The number of amides is 3. The van der Waals surface area contributed by atoms with E-state index in [0.29, 0.717) is 61.8 Å². The van der Waals surface area contributed by atoms with E-state index in [1.54, 1.807) is 19.4 Å². The zero-order chi connectivity index (χ0) is 39.6. The number of hydrogen-bond acceptors (Lipinski definition) is 9. The first-order valence-electron chi connectivity index (χ1n) is 19.1. The molecule has 4 heterocycles. The van der Waals surface area contributed by atoms with Crippen LogP contribution in [0.5, 0.6) is 0 Å². The second kappa shape index (κ2) is 19.4. The number of nitrogens with two attached hydrogens (primary N) is 2. The van der Waals surface area contributed by atoms with Crippen LogP contribution in [0.4, 0.5) is 0 Å². The molecule has 1 aliphatic rings. The molecule has 14 heteroatoms. The molecule has 294 valence electrons. The maximum absolute atomic E-state index is 14.7. The Balaban J connectivity index is 1.47. The van der Waals surface area contributed by atoms with Crippen LogP contribution in [0.3, 0.4) is 0 Å². The summed E-state index contributed by atoms with van der Waals surface area (Å²) in [6, 6.07) is 17.0. The van der Waals surface area contributed by atoms with Crippen molar-refractivity contribution in [2.24, 2.45) is 11.5 Å². The molecule has 1 aliphatic heterocycles. The molecular formula is C42H50ClN9O3S. The second-order valence-corrected chi connectivity index (χ2v) is 15.5. The maximum atomic E-state index is 14.7. The van der Waals surface area contributed by atoms with Crippen molar-refractivity contribution >= 4 is 52.0 Å². The number of carbonyl (C=O) groups excluding carboxylic acids is 3. The molecule has 12 nitrogen and oxygen atoms in total. The Morgan fingerprint density at radius 3 is 2.50 bits per heavy atom. The first-order valence-corrected chi connectivity index (χ1v) is 20.3. The number of aromatic amines is 1. The number of para-hydroxylation sites is 1. The van der Waals surface area contributed by atoms with E-state index in [2.05, 4.69) is 25.9 Å². The van der Waals surface area contributed by atoms with Gasteiger partial charge in [0.15, 0.2) is 0 Å². The lowest BCUT2D eigenvalue weighted by atomic mass is 9.98. The predicted molar refractivity (Wildman–Crippen MR) is 222 cm³/mol. The molecule has 3 atom stereocenters. The van der Waals surface area contributed by atoms with Crippen LogP contribution in [0.25, 0.3) is 22.0 Å². The fourth-order valence-electron chi connectivity index (χ4n) is 7.13. The van der Waals surface area contributed by atoms with Crippen molar-refractivity contribution in [3.63, 3.8) is 0 Å². The van der Waals surface area contributed by atoms with E-state index in [-0.39, 0.29) is 30.7 Å². The van der Waals surface area contributed by atoms with Gasteiger partial charge in [0, 0.05) is 66.6 Å². The summed E-state index contributed by atoms with van der Waals surface area (Å²) in [5.74, 6) is -1.03. The van der Waals surface area contributed by atoms with Crippen LogP contribution in [0, 0.1) is 6.92 Å². The number of halogens is 1. The van der Waals surface area contributed by atoms with Gasteiger partial charge in [0.2, 0.25) is 17.7 Å². The number of aromatic nitrogens is 3. The Morgan fingerprint density at radius 2 is 1.70 bits per heavy atom. The molecule has 6 rings (SSSR count). The van der Waals surface area contributed by atoms with Gasteiger partial charge in [-0.1, -0.05) is 53.7 Å². The van der Waals surface area contributed by atoms with Crippen LogP contribution >= 0.6 is 23.4 Å². The van der Waals surface area contributed by atoms with E-state index in [1.165, 1.54) is 16.7 Å². The van der Waals surface area contributed by atoms with Crippen LogP contribution in [0.15, 0.2) is 89.2 Å². The van der Waals surface area contributed by atoms with Crippen molar-refractivity contribution < 1.29 is 14.4 Å². The SMILES string of the molecule is Cc1cc(-c2ccc(Cl)c3c2CNC(=O)[C@H](Cc2c[nH]c4ccccc24)N(C)C(=O)[C@H](CCCCN)NC(=O)[C@H](CCCN)NCc2cccnc2S3)ccn1. The summed E-state index contributed by atoms with van der Waals surface area (Å²) < 4.78 is 0. The monoisotopic (exact) mass is 795 g/mol. The Labute approximate surface area is 336 Å². The summed E-state index contributed by atoms with van der Waals surface area (Å²) in [4.78, 5) is 58.0. The smallest absolute Gasteiger partial charge is 0.245 e. The van der Waals surface area contributed by atoms with E-state index in [0.717, 1.165) is 49.3 Å². The number of H-pyrrole nitrogens is 1. The van der Waals surface area contributed by atoms with Gasteiger partial charge in [0.25, 0.3) is 0 Å². The zero-order valence-corrected chi connectivity index (χ0v) is 33.4. The molecule has 0 fully saturated rings. The average molecular weight is 796 g/mol. The lowest BCUT2D eigenvalue weighted by Gasteiger charge is -2.32. The molecule has 8 N–H and O–H groups in total. The van der Waals surface area contributed by atoms with Crippen LogP contribution in [0.1, 0.15) is 54.5 Å². The van der Waals surface area contributed by atoms with Gasteiger partial charge in [-0.3, -0.25) is 19.4 Å². The highest BCUT2D eigenvalue weighted by Crippen LogP contribution is 2.41. The lowest BCUT2D eigenvalue weighted by molar-refractivity contribution is -0.142. The largest absolute Gasteiger partial charge is 0.361 e. The number of carbonyl (C=O) groups is 3. The molecule has 0 saturated heterocycles. The number of benzene rings is 2. The molecular weight excluding hydrogens is 746 g/mol. The van der Waals surface area contributed by atoms with Gasteiger partial charge in [-0.25, -0.2) is 4.98 Å². The van der Waals surface area contributed by atoms with E-state index in [4.69, 9.17) is 28.1 Å². The normalized spacial score (nSPS) is 18.6. The molecule has 0 bridgehead atoms. The van der Waals surface area contributed by atoms with Crippen LogP contribution in [0.2, 0.25) is 5.02 Å². The van der Waals surface area contributed by atoms with Gasteiger partial charge in [-0.05, 0) is 110 Å². The van der Waals surface area contributed by atoms with Crippen molar-refractivity contribution in [2.75, 3.05) is 20.1 Å².